The summed E-state index contributed by atoms with van der Waals surface area (Å²) in [5.74, 6) is -4.27. The van der Waals surface area contributed by atoms with Crippen molar-refractivity contribution in [2.75, 3.05) is 13.1 Å². The number of amides is 1. The first-order valence-electron chi connectivity index (χ1n) is 13.7. The van der Waals surface area contributed by atoms with Crippen LogP contribution in [0.5, 0.6) is 0 Å². The van der Waals surface area contributed by atoms with Gasteiger partial charge in [-0.15, -0.1) is 5.10 Å². The van der Waals surface area contributed by atoms with Gasteiger partial charge in [-0.05, 0) is 48.2 Å². The number of likely N-dealkylation sites (tertiary alicyclic amines) is 1. The number of carbonyl (C=O) groups excluding carboxylic acids is 1. The number of piperidine rings is 1. The monoisotopic (exact) mass is 599 g/mol. The van der Waals surface area contributed by atoms with Gasteiger partial charge in [0, 0.05) is 46.9 Å². The van der Waals surface area contributed by atoms with Crippen molar-refractivity contribution in [3.63, 3.8) is 0 Å². The molecule has 0 spiro atoms. The Labute approximate surface area is 249 Å². The van der Waals surface area contributed by atoms with Crippen molar-refractivity contribution >= 4 is 28.3 Å². The quantitative estimate of drug-likeness (QED) is 0.220. The van der Waals surface area contributed by atoms with Crippen LogP contribution in [0.25, 0.3) is 39.2 Å². The predicted octanol–water partition coefficient (Wildman–Crippen LogP) is 6.39. The molecule has 1 fully saturated rings. The molecule has 0 radical (unpaired) electrons. The molecule has 1 saturated heterocycles. The summed E-state index contributed by atoms with van der Waals surface area (Å²) in [4.78, 5) is 18.9. The molecule has 43 heavy (non-hydrogen) atoms. The van der Waals surface area contributed by atoms with Crippen molar-refractivity contribution in [1.82, 2.24) is 34.7 Å². The van der Waals surface area contributed by atoms with Crippen LogP contribution in [0.3, 0.4) is 0 Å². The third-order valence-electron chi connectivity index (χ3n) is 7.70. The number of aromatic nitrogens is 6. The van der Waals surface area contributed by atoms with Crippen molar-refractivity contribution in [3.05, 3.63) is 102 Å². The summed E-state index contributed by atoms with van der Waals surface area (Å²) in [6, 6.07) is 19.7. The summed E-state index contributed by atoms with van der Waals surface area (Å²) in [6.07, 6.45) is 6.72. The highest BCUT2D eigenvalue weighted by atomic mass is 35.5. The lowest BCUT2D eigenvalue weighted by atomic mass is 9.92. The Morgan fingerprint density at radius 1 is 1.07 bits per heavy atom. The summed E-state index contributed by atoms with van der Waals surface area (Å²) in [5.41, 5.74) is 2.54. The number of nitrogens with zero attached hydrogens (tertiary/aromatic N) is 7. The highest BCUT2D eigenvalue weighted by Crippen LogP contribution is 2.35. The van der Waals surface area contributed by atoms with E-state index in [4.69, 9.17) is 16.0 Å². The van der Waals surface area contributed by atoms with Crippen LogP contribution in [0.15, 0.2) is 96.0 Å². The molecule has 0 saturated carbocycles. The molecule has 1 atom stereocenters. The van der Waals surface area contributed by atoms with Gasteiger partial charge in [-0.3, -0.25) is 14.5 Å². The maximum atomic E-state index is 15.5. The average Bonchev–Trinajstić information content (AvgIpc) is 3.79. The maximum Gasteiger partial charge on any atom is 0.274 e. The van der Waals surface area contributed by atoms with E-state index < -0.39 is 24.3 Å². The molecule has 1 amide bonds. The first-order chi connectivity index (χ1) is 20.9. The van der Waals surface area contributed by atoms with E-state index in [0.717, 1.165) is 21.2 Å². The van der Waals surface area contributed by atoms with Gasteiger partial charge in [0.25, 0.3) is 11.8 Å². The molecule has 1 aliphatic heterocycles. The van der Waals surface area contributed by atoms with E-state index in [1.165, 1.54) is 10.9 Å². The highest BCUT2D eigenvalue weighted by molar-refractivity contribution is 6.30. The largest absolute Gasteiger partial charge is 0.463 e. The van der Waals surface area contributed by atoms with Crippen LogP contribution >= 0.6 is 11.6 Å². The van der Waals surface area contributed by atoms with E-state index in [2.05, 4.69) is 20.4 Å². The van der Waals surface area contributed by atoms with Gasteiger partial charge in [0.2, 0.25) is 0 Å². The zero-order chi connectivity index (χ0) is 29.6. The van der Waals surface area contributed by atoms with E-state index in [9.17, 15) is 4.79 Å². The van der Waals surface area contributed by atoms with E-state index in [1.807, 2.05) is 24.3 Å². The van der Waals surface area contributed by atoms with E-state index in [0.29, 0.717) is 27.9 Å². The lowest BCUT2D eigenvalue weighted by molar-refractivity contribution is -0.108. The topological polar surface area (TPSA) is 94.9 Å². The molecule has 7 rings (SSSR count). The van der Waals surface area contributed by atoms with Gasteiger partial charge in [-0.25, -0.2) is 13.5 Å². The van der Waals surface area contributed by atoms with Crippen LogP contribution in [0.4, 0.5) is 8.78 Å². The van der Waals surface area contributed by atoms with Crippen molar-refractivity contribution in [3.8, 4) is 28.4 Å². The number of halogens is 3. The number of fused-ring (bicyclic) bond motifs is 1. The van der Waals surface area contributed by atoms with Crippen LogP contribution in [0.1, 0.15) is 16.9 Å². The van der Waals surface area contributed by atoms with Crippen molar-refractivity contribution in [2.45, 2.75) is 18.9 Å². The van der Waals surface area contributed by atoms with Gasteiger partial charge < -0.3 is 9.32 Å². The zero-order valence-electron chi connectivity index (χ0n) is 22.6. The second-order valence-corrected chi connectivity index (χ2v) is 10.9. The SMILES string of the molecule is O=C(c1cc(-c2ccco2)n(-c2ccc(Cl)cc2)n1)N1CCC(Cn2cc(-c3cncc4ccccc34)nn2)C(F)(F)C1. The zero-order valence-corrected chi connectivity index (χ0v) is 23.4. The second kappa shape index (κ2) is 10.7. The minimum Gasteiger partial charge on any atom is -0.463 e. The number of alkyl halides is 2. The van der Waals surface area contributed by atoms with Crippen LogP contribution in [0.2, 0.25) is 5.02 Å². The van der Waals surface area contributed by atoms with Gasteiger partial charge in [0.15, 0.2) is 11.5 Å². The molecule has 12 heteroatoms. The number of benzene rings is 2. The fourth-order valence-corrected chi connectivity index (χ4v) is 5.59. The molecule has 4 aromatic heterocycles. The summed E-state index contributed by atoms with van der Waals surface area (Å²) in [5, 5.41) is 15.3. The number of hydrogen-bond acceptors (Lipinski definition) is 6. The lowest BCUT2D eigenvalue weighted by Gasteiger charge is -2.37. The summed E-state index contributed by atoms with van der Waals surface area (Å²) < 4.78 is 39.6. The molecular formula is C31H24ClF2N7O2. The Kier molecular flexibility index (Phi) is 6.73. The average molecular weight is 600 g/mol. The molecule has 6 aromatic rings. The molecule has 5 heterocycles. The van der Waals surface area contributed by atoms with Crippen LogP contribution in [-0.2, 0) is 6.54 Å². The van der Waals surface area contributed by atoms with Crippen molar-refractivity contribution in [2.24, 2.45) is 5.92 Å². The lowest BCUT2D eigenvalue weighted by Crippen LogP contribution is -2.51. The molecular weight excluding hydrogens is 576 g/mol. The van der Waals surface area contributed by atoms with Crippen LogP contribution < -0.4 is 0 Å². The van der Waals surface area contributed by atoms with E-state index >= 15 is 8.78 Å². The summed E-state index contributed by atoms with van der Waals surface area (Å²) in [6.45, 7) is -0.610. The number of furan rings is 1. The summed E-state index contributed by atoms with van der Waals surface area (Å²) in [7, 11) is 0. The maximum absolute atomic E-state index is 15.5. The standard InChI is InChI=1S/C31H24ClF2N7O2/c32-22-7-9-23(10-8-22)41-28(29-6-3-13-43-29)14-26(37-41)30(42)39-12-11-21(31(33,34)19-39)17-40-18-27(36-38-40)25-16-35-15-20-4-1-2-5-24(20)25/h1-10,13-16,18,21H,11-12,17,19H2. The molecule has 216 valence electrons. The Hall–Kier alpha value is -4.90. The van der Waals surface area contributed by atoms with Gasteiger partial charge in [-0.2, -0.15) is 5.10 Å². The highest BCUT2D eigenvalue weighted by Gasteiger charge is 2.46. The first kappa shape index (κ1) is 27.0. The fraction of sp³-hybridized carbons (Fsp3) is 0.194. The number of rotatable bonds is 6. The number of hydrogen-bond donors (Lipinski definition) is 0. The van der Waals surface area contributed by atoms with Crippen LogP contribution in [0, 0.1) is 5.92 Å². The van der Waals surface area contributed by atoms with E-state index in [1.54, 1.807) is 65.7 Å². The molecule has 0 bridgehead atoms. The minimum atomic E-state index is -3.15. The first-order valence-corrected chi connectivity index (χ1v) is 14.0. The molecule has 1 aliphatic rings. The molecule has 1 unspecified atom stereocenters. The molecule has 2 aromatic carbocycles. The molecule has 9 nitrogen and oxygen atoms in total. The normalized spacial score (nSPS) is 16.5. The Morgan fingerprint density at radius 3 is 2.70 bits per heavy atom. The number of carbonyl (C=O) groups is 1. The minimum absolute atomic E-state index is 0.0337. The fourth-order valence-electron chi connectivity index (χ4n) is 5.47. The third kappa shape index (κ3) is 5.16. The second-order valence-electron chi connectivity index (χ2n) is 10.5. The van der Waals surface area contributed by atoms with Crippen molar-refractivity contribution in [1.29, 1.82) is 0 Å². The molecule has 0 aliphatic carbocycles. The third-order valence-corrected chi connectivity index (χ3v) is 7.95. The Balaban J connectivity index is 1.09. The molecule has 0 N–H and O–H groups in total. The van der Waals surface area contributed by atoms with Gasteiger partial charge in [0.1, 0.15) is 11.4 Å². The van der Waals surface area contributed by atoms with Gasteiger partial charge >= 0.3 is 0 Å². The summed E-state index contributed by atoms with van der Waals surface area (Å²) >= 11 is 6.04. The van der Waals surface area contributed by atoms with Gasteiger partial charge in [-0.1, -0.05) is 41.1 Å². The Bertz CT molecular complexity index is 1910. The smallest absolute Gasteiger partial charge is 0.274 e. The predicted molar refractivity (Wildman–Crippen MR) is 156 cm³/mol. The van der Waals surface area contributed by atoms with Gasteiger partial charge in [0.05, 0.1) is 31.2 Å². The van der Waals surface area contributed by atoms with Crippen LogP contribution in [-0.4, -0.2) is 59.6 Å². The number of pyridine rings is 1. The van der Waals surface area contributed by atoms with Crippen molar-refractivity contribution < 1.29 is 18.0 Å². The van der Waals surface area contributed by atoms with E-state index in [-0.39, 0.29) is 25.2 Å². The Morgan fingerprint density at radius 2 is 1.91 bits per heavy atom.